The van der Waals surface area contributed by atoms with E-state index in [1.54, 1.807) is 24.3 Å². The van der Waals surface area contributed by atoms with Crippen molar-refractivity contribution in [2.45, 2.75) is 24.9 Å². The lowest BCUT2D eigenvalue weighted by Gasteiger charge is -2.19. The van der Waals surface area contributed by atoms with Crippen molar-refractivity contribution < 1.29 is 30.0 Å². The van der Waals surface area contributed by atoms with E-state index >= 15 is 0 Å². The van der Waals surface area contributed by atoms with Gasteiger partial charge in [-0.25, -0.2) is 0 Å². The third-order valence-corrected chi connectivity index (χ3v) is 4.15. The van der Waals surface area contributed by atoms with E-state index in [2.05, 4.69) is 10.6 Å². The fourth-order valence-corrected chi connectivity index (χ4v) is 2.66. The van der Waals surface area contributed by atoms with Crippen molar-refractivity contribution in [1.82, 2.24) is 10.6 Å². The molecule has 2 atom stereocenters. The monoisotopic (exact) mass is 388 g/mol. The van der Waals surface area contributed by atoms with Crippen LogP contribution in [-0.4, -0.2) is 57.5 Å². The lowest BCUT2D eigenvalue weighted by Crippen LogP contribution is -2.50. The van der Waals surface area contributed by atoms with Crippen molar-refractivity contribution in [3.8, 4) is 11.5 Å². The molecule has 2 aromatic rings. The molecule has 150 valence electrons. The molecule has 28 heavy (non-hydrogen) atoms. The van der Waals surface area contributed by atoms with Gasteiger partial charge in [-0.1, -0.05) is 24.3 Å². The number of hydrogen-bond donors (Lipinski definition) is 6. The first-order chi connectivity index (χ1) is 13.4. The molecule has 0 heterocycles. The van der Waals surface area contributed by atoms with E-state index in [1.807, 2.05) is 0 Å². The lowest BCUT2D eigenvalue weighted by atomic mass is 10.1. The number of carbonyl (C=O) groups excluding carboxylic acids is 2. The maximum atomic E-state index is 12.1. The first-order valence-corrected chi connectivity index (χ1v) is 8.80. The summed E-state index contributed by atoms with van der Waals surface area (Å²) in [4.78, 5) is 24.2. The van der Waals surface area contributed by atoms with Gasteiger partial charge in [0.1, 0.15) is 11.5 Å². The summed E-state index contributed by atoms with van der Waals surface area (Å²) in [6.07, 6.45) is 0.569. The lowest BCUT2D eigenvalue weighted by molar-refractivity contribution is -0.140. The van der Waals surface area contributed by atoms with Crippen molar-refractivity contribution >= 4 is 11.8 Å². The van der Waals surface area contributed by atoms with Crippen LogP contribution in [0.15, 0.2) is 48.5 Å². The highest BCUT2D eigenvalue weighted by molar-refractivity contribution is 6.35. The van der Waals surface area contributed by atoms with Crippen LogP contribution in [0.3, 0.4) is 0 Å². The molecule has 0 saturated carbocycles. The Hall–Kier alpha value is -3.10. The van der Waals surface area contributed by atoms with Gasteiger partial charge in [0.2, 0.25) is 0 Å². The summed E-state index contributed by atoms with van der Waals surface area (Å²) < 4.78 is 0. The summed E-state index contributed by atoms with van der Waals surface area (Å²) in [5.74, 6) is -1.61. The molecule has 1 unspecified atom stereocenters. The zero-order valence-electron chi connectivity index (χ0n) is 15.2. The molecule has 8 heteroatoms. The Bertz CT molecular complexity index is 709. The molecule has 2 rings (SSSR count). The Morgan fingerprint density at radius 3 is 1.29 bits per heavy atom. The molecule has 0 fully saturated rings. The molecule has 0 aromatic heterocycles. The van der Waals surface area contributed by atoms with Crippen LogP contribution in [0.1, 0.15) is 11.1 Å². The number of benzene rings is 2. The maximum Gasteiger partial charge on any atom is 0.309 e. The highest BCUT2D eigenvalue weighted by atomic mass is 16.3. The van der Waals surface area contributed by atoms with E-state index in [0.717, 1.165) is 11.1 Å². The molecule has 6 N–H and O–H groups in total. The summed E-state index contributed by atoms with van der Waals surface area (Å²) in [6.45, 7) is -0.729. The molecule has 0 bridgehead atoms. The SMILES string of the molecule is O=C(NC(CO)Cc1ccc(O)cc1)C(=O)N[C@H](CO)Cc1ccc(O)cc1. The average Bonchev–Trinajstić information content (AvgIpc) is 2.69. The molecule has 0 radical (unpaired) electrons. The van der Waals surface area contributed by atoms with Crippen molar-refractivity contribution in [2.24, 2.45) is 0 Å². The van der Waals surface area contributed by atoms with Crippen LogP contribution in [0, 0.1) is 0 Å². The fraction of sp³-hybridized carbons (Fsp3) is 0.300. The molecule has 0 aliphatic rings. The van der Waals surface area contributed by atoms with Gasteiger partial charge in [-0.05, 0) is 48.2 Å². The Kier molecular flexibility index (Phi) is 7.79. The number of aromatic hydroxyl groups is 2. The minimum atomic E-state index is -0.915. The molecule has 8 nitrogen and oxygen atoms in total. The van der Waals surface area contributed by atoms with E-state index in [4.69, 9.17) is 0 Å². The van der Waals surface area contributed by atoms with Crippen molar-refractivity contribution in [3.05, 3.63) is 59.7 Å². The molecular weight excluding hydrogens is 364 g/mol. The van der Waals surface area contributed by atoms with Crippen molar-refractivity contribution in [3.63, 3.8) is 0 Å². The second-order valence-electron chi connectivity index (χ2n) is 6.45. The van der Waals surface area contributed by atoms with Gasteiger partial charge in [0.05, 0.1) is 25.3 Å². The summed E-state index contributed by atoms with van der Waals surface area (Å²) >= 11 is 0. The van der Waals surface area contributed by atoms with Crippen LogP contribution in [0.25, 0.3) is 0 Å². The van der Waals surface area contributed by atoms with Crippen LogP contribution in [0.2, 0.25) is 0 Å². The Morgan fingerprint density at radius 1 is 0.679 bits per heavy atom. The number of rotatable bonds is 8. The average molecular weight is 388 g/mol. The molecule has 0 aliphatic heterocycles. The molecule has 2 amide bonds. The van der Waals surface area contributed by atoms with Gasteiger partial charge in [-0.3, -0.25) is 9.59 Å². The number of carbonyl (C=O) groups is 2. The number of aliphatic hydroxyl groups is 2. The van der Waals surface area contributed by atoms with Gasteiger partial charge in [-0.15, -0.1) is 0 Å². The van der Waals surface area contributed by atoms with E-state index in [0.29, 0.717) is 0 Å². The number of aliphatic hydroxyl groups excluding tert-OH is 2. The van der Waals surface area contributed by atoms with Gasteiger partial charge in [0.25, 0.3) is 0 Å². The van der Waals surface area contributed by atoms with Crippen LogP contribution in [0.4, 0.5) is 0 Å². The molecule has 0 aliphatic carbocycles. The molecule has 0 spiro atoms. The summed E-state index contributed by atoms with van der Waals surface area (Å²) in [5, 5.41) is 42.4. The molecular formula is C20H24N2O6. The number of phenolic OH excluding ortho intramolecular Hbond substituents is 2. The highest BCUT2D eigenvalue weighted by Crippen LogP contribution is 2.12. The predicted octanol–water partition coefficient (Wildman–Crippen LogP) is -0.163. The predicted molar refractivity (Wildman–Crippen MR) is 102 cm³/mol. The van der Waals surface area contributed by atoms with Crippen LogP contribution in [-0.2, 0) is 22.4 Å². The second-order valence-corrected chi connectivity index (χ2v) is 6.45. The topological polar surface area (TPSA) is 139 Å². The third kappa shape index (κ3) is 6.57. The molecule has 0 saturated heterocycles. The standard InChI is InChI=1S/C20H24N2O6/c23-11-15(9-13-1-5-17(25)6-2-13)21-19(27)20(28)22-16(12-24)10-14-3-7-18(26)8-4-14/h1-8,15-16,23-26H,9-12H2,(H,21,27)(H,22,28)/t15-,16?/m0/s1. The van der Waals surface area contributed by atoms with Crippen molar-refractivity contribution in [1.29, 1.82) is 0 Å². The Balaban J connectivity index is 1.89. The summed E-state index contributed by atoms with van der Waals surface area (Å²) in [7, 11) is 0. The van der Waals surface area contributed by atoms with Gasteiger partial charge in [0, 0.05) is 0 Å². The number of amides is 2. The minimum Gasteiger partial charge on any atom is -0.508 e. The second kappa shape index (κ2) is 10.3. The normalized spacial score (nSPS) is 12.8. The number of hydrogen-bond acceptors (Lipinski definition) is 6. The Morgan fingerprint density at radius 2 is 1.00 bits per heavy atom. The van der Waals surface area contributed by atoms with Gasteiger partial charge in [-0.2, -0.15) is 0 Å². The third-order valence-electron chi connectivity index (χ3n) is 4.15. The van der Waals surface area contributed by atoms with Gasteiger partial charge >= 0.3 is 11.8 Å². The van der Waals surface area contributed by atoms with E-state index in [9.17, 15) is 30.0 Å². The quantitative estimate of drug-likeness (QED) is 0.347. The zero-order chi connectivity index (χ0) is 20.5. The first kappa shape index (κ1) is 21.2. The van der Waals surface area contributed by atoms with Gasteiger partial charge < -0.3 is 31.1 Å². The van der Waals surface area contributed by atoms with E-state index in [-0.39, 0.29) is 37.6 Å². The van der Waals surface area contributed by atoms with Crippen LogP contribution in [0.5, 0.6) is 11.5 Å². The number of phenols is 2. The minimum absolute atomic E-state index is 0.108. The fourth-order valence-electron chi connectivity index (χ4n) is 2.66. The summed E-state index contributed by atoms with van der Waals surface area (Å²) in [6, 6.07) is 11.3. The maximum absolute atomic E-state index is 12.1. The Labute approximate surface area is 162 Å². The van der Waals surface area contributed by atoms with E-state index in [1.165, 1.54) is 24.3 Å². The van der Waals surface area contributed by atoms with Crippen LogP contribution >= 0.6 is 0 Å². The zero-order valence-corrected chi connectivity index (χ0v) is 15.2. The largest absolute Gasteiger partial charge is 0.508 e. The van der Waals surface area contributed by atoms with E-state index < -0.39 is 23.9 Å². The van der Waals surface area contributed by atoms with Crippen molar-refractivity contribution in [2.75, 3.05) is 13.2 Å². The summed E-state index contributed by atoms with van der Waals surface area (Å²) in [5.41, 5.74) is 1.55. The smallest absolute Gasteiger partial charge is 0.309 e. The van der Waals surface area contributed by atoms with Gasteiger partial charge in [0.15, 0.2) is 0 Å². The van der Waals surface area contributed by atoms with Crippen LogP contribution < -0.4 is 10.6 Å². The highest BCUT2D eigenvalue weighted by Gasteiger charge is 2.21. The number of nitrogens with one attached hydrogen (secondary N) is 2. The molecule has 2 aromatic carbocycles. The first-order valence-electron chi connectivity index (χ1n) is 8.80.